The fourth-order valence-corrected chi connectivity index (χ4v) is 1.89. The summed E-state index contributed by atoms with van der Waals surface area (Å²) in [7, 11) is 1.68. The molecule has 0 spiro atoms. The van der Waals surface area contributed by atoms with Gasteiger partial charge in [0, 0.05) is 18.2 Å². The minimum Gasteiger partial charge on any atom is -0.388 e. The number of rotatable bonds is 5. The molecule has 1 aromatic rings. The van der Waals surface area contributed by atoms with Gasteiger partial charge in [0.15, 0.2) is 0 Å². The molecule has 1 aromatic carbocycles. The lowest BCUT2D eigenvalue weighted by Gasteiger charge is -2.19. The van der Waals surface area contributed by atoms with E-state index in [4.69, 9.17) is 4.74 Å². The SMILES string of the molecule is COCCC(C)C(O)c1ccc(Br)c(C)c1. The molecule has 0 bridgehead atoms. The Morgan fingerprint density at radius 2 is 2.12 bits per heavy atom. The van der Waals surface area contributed by atoms with Crippen LogP contribution < -0.4 is 0 Å². The molecule has 0 fully saturated rings. The van der Waals surface area contributed by atoms with Gasteiger partial charge in [0.05, 0.1) is 6.10 Å². The highest BCUT2D eigenvalue weighted by atomic mass is 79.9. The average molecular weight is 287 g/mol. The van der Waals surface area contributed by atoms with Gasteiger partial charge in [0.2, 0.25) is 0 Å². The number of aliphatic hydroxyl groups excluding tert-OH is 1. The third kappa shape index (κ3) is 3.58. The lowest BCUT2D eigenvalue weighted by molar-refractivity contribution is 0.0886. The van der Waals surface area contributed by atoms with Crippen LogP contribution in [0.3, 0.4) is 0 Å². The standard InChI is InChI=1S/C13H19BrO2/c1-9(6-7-16-3)13(15)11-4-5-12(14)10(2)8-11/h4-5,8-9,13,15H,6-7H2,1-3H3. The zero-order valence-electron chi connectivity index (χ0n) is 10.0. The number of aliphatic hydroxyl groups is 1. The molecule has 0 saturated carbocycles. The molecule has 2 unspecified atom stereocenters. The van der Waals surface area contributed by atoms with E-state index in [0.717, 1.165) is 22.0 Å². The minimum atomic E-state index is -0.415. The van der Waals surface area contributed by atoms with E-state index in [1.165, 1.54) is 0 Å². The van der Waals surface area contributed by atoms with Gasteiger partial charge in [0.1, 0.15) is 0 Å². The Balaban J connectivity index is 2.71. The number of methoxy groups -OCH3 is 1. The average Bonchev–Trinajstić information content (AvgIpc) is 2.28. The Bertz CT molecular complexity index is 339. The first kappa shape index (κ1) is 13.7. The van der Waals surface area contributed by atoms with Crippen LogP contribution in [0.1, 0.15) is 30.6 Å². The minimum absolute atomic E-state index is 0.209. The first-order chi connectivity index (χ1) is 7.56. The van der Waals surface area contributed by atoms with Gasteiger partial charge in [-0.25, -0.2) is 0 Å². The van der Waals surface area contributed by atoms with Crippen LogP contribution in [0.2, 0.25) is 0 Å². The van der Waals surface area contributed by atoms with Crippen molar-refractivity contribution in [2.24, 2.45) is 5.92 Å². The van der Waals surface area contributed by atoms with Crippen LogP contribution in [0.4, 0.5) is 0 Å². The second-order valence-corrected chi connectivity index (χ2v) is 5.07. The van der Waals surface area contributed by atoms with Crippen molar-refractivity contribution in [2.45, 2.75) is 26.4 Å². The molecule has 0 heterocycles. The van der Waals surface area contributed by atoms with Gasteiger partial charge in [-0.05, 0) is 36.5 Å². The number of halogens is 1. The summed E-state index contributed by atoms with van der Waals surface area (Å²) in [6.45, 7) is 4.76. The lowest BCUT2D eigenvalue weighted by Crippen LogP contribution is -2.11. The highest BCUT2D eigenvalue weighted by Crippen LogP contribution is 2.27. The number of hydrogen-bond acceptors (Lipinski definition) is 2. The molecule has 90 valence electrons. The summed E-state index contributed by atoms with van der Waals surface area (Å²) >= 11 is 3.46. The number of ether oxygens (including phenoxy) is 1. The van der Waals surface area contributed by atoms with E-state index in [1.54, 1.807) is 7.11 Å². The maximum absolute atomic E-state index is 10.2. The Hall–Kier alpha value is -0.380. The van der Waals surface area contributed by atoms with E-state index in [0.29, 0.717) is 6.61 Å². The summed E-state index contributed by atoms with van der Waals surface area (Å²) in [5.41, 5.74) is 2.12. The van der Waals surface area contributed by atoms with Crippen LogP contribution in [-0.2, 0) is 4.74 Å². The Morgan fingerprint density at radius 1 is 1.44 bits per heavy atom. The van der Waals surface area contributed by atoms with E-state index in [2.05, 4.69) is 15.9 Å². The maximum atomic E-state index is 10.2. The van der Waals surface area contributed by atoms with Gasteiger partial charge in [-0.15, -0.1) is 0 Å². The van der Waals surface area contributed by atoms with E-state index in [9.17, 15) is 5.11 Å². The first-order valence-electron chi connectivity index (χ1n) is 5.49. The van der Waals surface area contributed by atoms with Crippen LogP contribution >= 0.6 is 15.9 Å². The molecule has 0 aliphatic rings. The fourth-order valence-electron chi connectivity index (χ4n) is 1.64. The molecule has 16 heavy (non-hydrogen) atoms. The van der Waals surface area contributed by atoms with Crippen LogP contribution in [-0.4, -0.2) is 18.8 Å². The van der Waals surface area contributed by atoms with Crippen molar-refractivity contribution in [3.8, 4) is 0 Å². The number of benzene rings is 1. The second kappa shape index (κ2) is 6.38. The third-order valence-corrected chi connectivity index (χ3v) is 3.73. The predicted molar refractivity (Wildman–Crippen MR) is 69.5 cm³/mol. The maximum Gasteiger partial charge on any atom is 0.0816 e. The van der Waals surface area contributed by atoms with Gasteiger partial charge in [-0.1, -0.05) is 35.0 Å². The van der Waals surface area contributed by atoms with Crippen molar-refractivity contribution < 1.29 is 9.84 Å². The molecule has 3 heteroatoms. The van der Waals surface area contributed by atoms with E-state index in [1.807, 2.05) is 32.0 Å². The van der Waals surface area contributed by atoms with Crippen LogP contribution in [0, 0.1) is 12.8 Å². The summed E-state index contributed by atoms with van der Waals surface area (Å²) in [4.78, 5) is 0. The second-order valence-electron chi connectivity index (χ2n) is 4.21. The van der Waals surface area contributed by atoms with Gasteiger partial charge in [0.25, 0.3) is 0 Å². The van der Waals surface area contributed by atoms with Crippen LogP contribution in [0.25, 0.3) is 0 Å². The molecule has 0 aliphatic heterocycles. The van der Waals surface area contributed by atoms with E-state index >= 15 is 0 Å². The Labute approximate surface area is 106 Å². The summed E-state index contributed by atoms with van der Waals surface area (Å²) in [5.74, 6) is 0.209. The topological polar surface area (TPSA) is 29.5 Å². The van der Waals surface area contributed by atoms with Crippen molar-refractivity contribution in [1.29, 1.82) is 0 Å². The van der Waals surface area contributed by atoms with Gasteiger partial charge < -0.3 is 9.84 Å². The lowest BCUT2D eigenvalue weighted by atomic mass is 9.94. The Kier molecular flexibility index (Phi) is 5.46. The monoisotopic (exact) mass is 286 g/mol. The molecule has 1 N–H and O–H groups in total. The molecule has 0 saturated heterocycles. The van der Waals surface area contributed by atoms with Crippen molar-refractivity contribution in [1.82, 2.24) is 0 Å². The molecular weight excluding hydrogens is 268 g/mol. The van der Waals surface area contributed by atoms with Crippen molar-refractivity contribution in [3.05, 3.63) is 33.8 Å². The molecule has 0 aliphatic carbocycles. The van der Waals surface area contributed by atoms with Gasteiger partial charge in [-0.3, -0.25) is 0 Å². The molecule has 1 rings (SSSR count). The summed E-state index contributed by atoms with van der Waals surface area (Å²) in [6.07, 6.45) is 0.453. The molecule has 2 atom stereocenters. The van der Waals surface area contributed by atoms with E-state index < -0.39 is 6.10 Å². The molecule has 0 amide bonds. The number of hydrogen-bond donors (Lipinski definition) is 1. The van der Waals surface area contributed by atoms with Gasteiger partial charge in [-0.2, -0.15) is 0 Å². The summed E-state index contributed by atoms with van der Waals surface area (Å²) < 4.78 is 6.10. The highest BCUT2D eigenvalue weighted by molar-refractivity contribution is 9.10. The molecular formula is C13H19BrO2. The van der Waals surface area contributed by atoms with E-state index in [-0.39, 0.29) is 5.92 Å². The molecule has 2 nitrogen and oxygen atoms in total. The zero-order valence-corrected chi connectivity index (χ0v) is 11.6. The molecule has 0 radical (unpaired) electrons. The van der Waals surface area contributed by atoms with Crippen molar-refractivity contribution in [2.75, 3.05) is 13.7 Å². The van der Waals surface area contributed by atoms with Crippen molar-refractivity contribution in [3.63, 3.8) is 0 Å². The van der Waals surface area contributed by atoms with Crippen LogP contribution in [0.15, 0.2) is 22.7 Å². The summed E-state index contributed by atoms with van der Waals surface area (Å²) in [5, 5.41) is 10.2. The normalized spacial score (nSPS) is 14.8. The Morgan fingerprint density at radius 3 is 2.69 bits per heavy atom. The quantitative estimate of drug-likeness (QED) is 0.898. The largest absolute Gasteiger partial charge is 0.388 e. The van der Waals surface area contributed by atoms with Crippen LogP contribution in [0.5, 0.6) is 0 Å². The van der Waals surface area contributed by atoms with Gasteiger partial charge >= 0.3 is 0 Å². The first-order valence-corrected chi connectivity index (χ1v) is 6.28. The predicted octanol–water partition coefficient (Wildman–Crippen LogP) is 3.46. The fraction of sp³-hybridized carbons (Fsp3) is 0.538. The van der Waals surface area contributed by atoms with Crippen molar-refractivity contribution >= 4 is 15.9 Å². The number of aryl methyl sites for hydroxylation is 1. The summed E-state index contributed by atoms with van der Waals surface area (Å²) in [6, 6.07) is 5.97. The highest BCUT2D eigenvalue weighted by Gasteiger charge is 2.16. The molecule has 0 aromatic heterocycles. The third-order valence-electron chi connectivity index (χ3n) is 2.84. The smallest absolute Gasteiger partial charge is 0.0816 e. The zero-order chi connectivity index (χ0) is 12.1.